The van der Waals surface area contributed by atoms with E-state index in [-0.39, 0.29) is 5.41 Å². The van der Waals surface area contributed by atoms with E-state index in [2.05, 4.69) is 68.1 Å². The van der Waals surface area contributed by atoms with Gasteiger partial charge in [-0.1, -0.05) is 20.8 Å². The van der Waals surface area contributed by atoms with Crippen LogP contribution in [0.25, 0.3) is 0 Å². The molecule has 0 radical (unpaired) electrons. The number of hydrogen-bond acceptors (Lipinski definition) is 2. The molecule has 0 aliphatic carbocycles. The Morgan fingerprint density at radius 1 is 1.33 bits per heavy atom. The maximum Gasteiger partial charge on any atom is 0.137 e. The minimum absolute atomic E-state index is 0.285. The number of rotatable bonds is 1. The zero-order chi connectivity index (χ0) is 9.61. The van der Waals surface area contributed by atoms with Crippen LogP contribution in [0, 0.1) is 5.41 Å². The summed E-state index contributed by atoms with van der Waals surface area (Å²) >= 11 is 4.24. The van der Waals surface area contributed by atoms with Gasteiger partial charge in [-0.3, -0.25) is 4.68 Å². The van der Waals surface area contributed by atoms with Gasteiger partial charge in [-0.25, -0.2) is 4.98 Å². The van der Waals surface area contributed by atoms with Gasteiger partial charge in [0, 0.05) is 43.8 Å². The molecule has 3 nitrogen and oxygen atoms in total. The van der Waals surface area contributed by atoms with Crippen LogP contribution in [0.15, 0.2) is 12.7 Å². The zero-order valence-electron chi connectivity index (χ0n) is 7.46. The molecular weight excluding hydrogens is 380 g/mol. The van der Waals surface area contributed by atoms with Crippen LogP contribution in [0.1, 0.15) is 20.8 Å². The molecule has 0 aromatic carbocycles. The number of aromatic nitrogens is 3. The molecule has 0 spiro atoms. The van der Waals surface area contributed by atoms with Crippen LogP contribution in [0.2, 0.25) is 0 Å². The molecule has 0 aliphatic heterocycles. The first-order chi connectivity index (χ1) is 5.58. The maximum atomic E-state index is 4.01. The van der Waals surface area contributed by atoms with Gasteiger partial charge in [-0.15, -0.1) is 0 Å². The third-order valence-corrected chi connectivity index (χ3v) is 1.10. The van der Waals surface area contributed by atoms with Crippen LogP contribution >= 0.6 is 37.2 Å². The fourth-order valence-corrected chi connectivity index (χ4v) is 0.800. The number of hydrogen-bond donors (Lipinski definition) is 0. The van der Waals surface area contributed by atoms with Crippen molar-refractivity contribution in [3.8, 4) is 0 Å². The van der Waals surface area contributed by atoms with Crippen LogP contribution < -0.4 is 0 Å². The molecule has 1 aromatic rings. The molecule has 0 saturated carbocycles. The second kappa shape index (κ2) is 6.11. The first-order valence-electron chi connectivity index (χ1n) is 3.55. The van der Waals surface area contributed by atoms with Gasteiger partial charge in [0.15, 0.2) is 0 Å². The van der Waals surface area contributed by atoms with Crippen molar-refractivity contribution in [3.63, 3.8) is 0 Å². The van der Waals surface area contributed by atoms with Crippen molar-refractivity contribution in [1.29, 1.82) is 0 Å². The summed E-state index contributed by atoms with van der Waals surface area (Å²) in [6.45, 7) is 7.45. The van der Waals surface area contributed by atoms with Crippen LogP contribution in [0.5, 0.6) is 0 Å². The summed E-state index contributed by atoms with van der Waals surface area (Å²) in [4.78, 5) is 3.86. The average molecular weight is 393 g/mol. The minimum Gasteiger partial charge on any atom is -0.252 e. The lowest BCUT2D eigenvalue weighted by atomic mass is 9.97. The lowest BCUT2D eigenvalue weighted by Gasteiger charge is -2.16. The zero-order valence-corrected chi connectivity index (χ0v) is 11.8. The van der Waals surface area contributed by atoms with E-state index >= 15 is 0 Å². The molecule has 0 fully saturated rings. The van der Waals surface area contributed by atoms with E-state index in [1.165, 1.54) is 0 Å². The van der Waals surface area contributed by atoms with Gasteiger partial charge >= 0.3 is 0 Å². The van der Waals surface area contributed by atoms with Gasteiger partial charge < -0.3 is 0 Å². The quantitative estimate of drug-likeness (QED) is 0.687. The van der Waals surface area contributed by atoms with Crippen molar-refractivity contribution in [1.82, 2.24) is 14.8 Å². The first-order valence-corrected chi connectivity index (χ1v) is 9.83. The van der Waals surface area contributed by atoms with Gasteiger partial charge in [0.05, 0.1) is 0 Å². The van der Waals surface area contributed by atoms with E-state index in [4.69, 9.17) is 0 Å². The topological polar surface area (TPSA) is 30.7 Å². The fourth-order valence-electron chi connectivity index (χ4n) is 0.800. The molecule has 1 rings (SSSR count). The Bertz CT molecular complexity index is 191. The molecule has 1 aromatic heterocycles. The van der Waals surface area contributed by atoms with Gasteiger partial charge in [-0.05, 0) is 5.41 Å². The predicted octanol–water partition coefficient (Wildman–Crippen LogP) is 3.10. The summed E-state index contributed by atoms with van der Waals surface area (Å²) < 4.78 is 1.85. The van der Waals surface area contributed by atoms with Crippen molar-refractivity contribution < 1.29 is 0 Å². The second-order valence-corrected chi connectivity index (χ2v) is 3.65. The van der Waals surface area contributed by atoms with E-state index in [1.807, 2.05) is 4.68 Å². The normalized spacial score (nSPS) is 10.4. The highest BCUT2D eigenvalue weighted by atomic mass is 128. The summed E-state index contributed by atoms with van der Waals surface area (Å²) in [5, 5.41) is 4.01. The maximum absolute atomic E-state index is 4.01. The molecule has 5 heteroatoms. The number of halogens is 2. The molecule has 70 valence electrons. The standard InChI is InChI=1S/C7H13N3.I2/c1-7(2,3)4-10-6-8-5-9-10;1-2/h5-6H,4H2,1-3H3;. The van der Waals surface area contributed by atoms with Gasteiger partial charge in [-0.2, -0.15) is 5.10 Å². The Morgan fingerprint density at radius 3 is 2.25 bits per heavy atom. The van der Waals surface area contributed by atoms with Crippen LogP contribution in [-0.2, 0) is 6.54 Å². The van der Waals surface area contributed by atoms with Crippen molar-refractivity contribution in [2.45, 2.75) is 27.3 Å². The third-order valence-electron chi connectivity index (χ3n) is 1.10. The van der Waals surface area contributed by atoms with Crippen molar-refractivity contribution in [3.05, 3.63) is 12.7 Å². The van der Waals surface area contributed by atoms with Crippen molar-refractivity contribution >= 4 is 37.2 Å². The van der Waals surface area contributed by atoms with Crippen LogP contribution in [-0.4, -0.2) is 14.8 Å². The van der Waals surface area contributed by atoms with E-state index < -0.39 is 0 Å². The summed E-state index contributed by atoms with van der Waals surface area (Å²) in [7, 11) is 0. The first kappa shape index (κ1) is 12.6. The molecule has 0 aliphatic rings. The average Bonchev–Trinajstić information content (AvgIpc) is 2.41. The van der Waals surface area contributed by atoms with Crippen molar-refractivity contribution in [2.75, 3.05) is 0 Å². The van der Waals surface area contributed by atoms with E-state index in [1.54, 1.807) is 12.7 Å². The molecule has 0 N–H and O–H groups in total. The SMILES string of the molecule is CC(C)(C)Cn1cncn1.II. The Balaban J connectivity index is 0.000000561. The molecule has 0 saturated heterocycles. The Kier molecular flexibility index (Phi) is 6.42. The van der Waals surface area contributed by atoms with E-state index in [0.717, 1.165) is 6.54 Å². The summed E-state index contributed by atoms with van der Waals surface area (Å²) in [6.07, 6.45) is 3.30. The third kappa shape index (κ3) is 6.15. The highest BCUT2D eigenvalue weighted by molar-refractivity contribution is 15.0. The lowest BCUT2D eigenvalue weighted by molar-refractivity contribution is 0.325. The number of nitrogens with zero attached hydrogens (tertiary/aromatic N) is 3. The Labute approximate surface area is 96.6 Å². The van der Waals surface area contributed by atoms with E-state index in [0.29, 0.717) is 0 Å². The second-order valence-electron chi connectivity index (χ2n) is 3.65. The summed E-state index contributed by atoms with van der Waals surface area (Å²) in [6, 6.07) is 0. The fraction of sp³-hybridized carbons (Fsp3) is 0.714. The molecule has 0 bridgehead atoms. The van der Waals surface area contributed by atoms with Crippen LogP contribution in [0.3, 0.4) is 0 Å². The molecule has 1 heterocycles. The molecule has 12 heavy (non-hydrogen) atoms. The highest BCUT2D eigenvalue weighted by Gasteiger charge is 2.10. The Morgan fingerprint density at radius 2 is 1.92 bits per heavy atom. The van der Waals surface area contributed by atoms with Gasteiger partial charge in [0.2, 0.25) is 0 Å². The lowest BCUT2D eigenvalue weighted by Crippen LogP contribution is -2.15. The molecule has 0 unspecified atom stereocenters. The highest BCUT2D eigenvalue weighted by Crippen LogP contribution is 2.14. The summed E-state index contributed by atoms with van der Waals surface area (Å²) in [5.41, 5.74) is 0.285. The van der Waals surface area contributed by atoms with E-state index in [9.17, 15) is 0 Å². The predicted molar refractivity (Wildman–Crippen MR) is 67.5 cm³/mol. The van der Waals surface area contributed by atoms with Crippen molar-refractivity contribution in [2.24, 2.45) is 5.41 Å². The molecule has 0 atom stereocenters. The molecular formula is C7H13I2N3. The smallest absolute Gasteiger partial charge is 0.137 e. The molecule has 0 amide bonds. The van der Waals surface area contributed by atoms with Gasteiger partial charge in [0.1, 0.15) is 12.7 Å². The monoisotopic (exact) mass is 393 g/mol. The largest absolute Gasteiger partial charge is 0.252 e. The minimum atomic E-state index is 0.285. The summed E-state index contributed by atoms with van der Waals surface area (Å²) in [5.74, 6) is 0. The van der Waals surface area contributed by atoms with Gasteiger partial charge in [0.25, 0.3) is 0 Å². The Hall–Kier alpha value is 0.600. The van der Waals surface area contributed by atoms with Crippen LogP contribution in [0.4, 0.5) is 0 Å².